The topological polar surface area (TPSA) is 86.5 Å². The Balaban J connectivity index is 1.53. The SMILES string of the molecule is COc1cccc(C#Cc2ccc([C@@H]3[C@@H](C#N)N(C(=O)c4ccccn4)[C@H]3CO)cc2)c1. The van der Waals surface area contributed by atoms with Gasteiger partial charge in [-0.25, -0.2) is 0 Å². The van der Waals surface area contributed by atoms with Crippen LogP contribution in [0.4, 0.5) is 0 Å². The molecule has 6 nitrogen and oxygen atoms in total. The van der Waals surface area contributed by atoms with Crippen LogP contribution in [0.1, 0.15) is 33.1 Å². The van der Waals surface area contributed by atoms with Gasteiger partial charge in [0.1, 0.15) is 17.5 Å². The van der Waals surface area contributed by atoms with Gasteiger partial charge in [-0.3, -0.25) is 9.78 Å². The minimum atomic E-state index is -0.671. The number of likely N-dealkylation sites (tertiary alicyclic amines) is 1. The third kappa shape index (κ3) is 4.05. The summed E-state index contributed by atoms with van der Waals surface area (Å²) in [6, 6.07) is 21.2. The van der Waals surface area contributed by atoms with E-state index in [0.29, 0.717) is 0 Å². The lowest BCUT2D eigenvalue weighted by atomic mass is 9.75. The van der Waals surface area contributed by atoms with Crippen molar-refractivity contribution in [3.05, 3.63) is 95.3 Å². The predicted octanol–water partition coefficient (Wildman–Crippen LogP) is 2.98. The fourth-order valence-corrected chi connectivity index (χ4v) is 3.94. The Bertz CT molecular complexity index is 1210. The summed E-state index contributed by atoms with van der Waals surface area (Å²) in [7, 11) is 1.62. The Morgan fingerprint density at radius 2 is 1.88 bits per heavy atom. The molecule has 3 aromatic rings. The van der Waals surface area contributed by atoms with Gasteiger partial charge < -0.3 is 14.7 Å². The van der Waals surface area contributed by atoms with E-state index in [-0.39, 0.29) is 24.1 Å². The number of benzene rings is 2. The molecule has 6 heteroatoms. The van der Waals surface area contributed by atoms with Gasteiger partial charge in [0.2, 0.25) is 0 Å². The molecule has 1 aliphatic heterocycles. The minimum Gasteiger partial charge on any atom is -0.497 e. The summed E-state index contributed by atoms with van der Waals surface area (Å²) in [6.07, 6.45) is 1.53. The first kappa shape index (κ1) is 21.1. The van der Waals surface area contributed by atoms with Crippen LogP contribution in [-0.4, -0.2) is 46.7 Å². The third-order valence-electron chi connectivity index (χ3n) is 5.57. The summed E-state index contributed by atoms with van der Waals surface area (Å²) in [5.74, 6) is 6.35. The smallest absolute Gasteiger partial charge is 0.273 e. The Kier molecular flexibility index (Phi) is 6.17. The monoisotopic (exact) mass is 423 g/mol. The van der Waals surface area contributed by atoms with Crippen molar-refractivity contribution >= 4 is 5.91 Å². The molecule has 3 atom stereocenters. The van der Waals surface area contributed by atoms with Crippen molar-refractivity contribution in [3.63, 3.8) is 0 Å². The van der Waals surface area contributed by atoms with E-state index in [0.717, 1.165) is 22.4 Å². The number of aromatic nitrogens is 1. The second-order valence-electron chi connectivity index (χ2n) is 7.38. The van der Waals surface area contributed by atoms with Gasteiger partial charge in [0.15, 0.2) is 0 Å². The maximum absolute atomic E-state index is 12.8. The lowest BCUT2D eigenvalue weighted by Crippen LogP contribution is -2.65. The van der Waals surface area contributed by atoms with Crippen LogP contribution in [0.5, 0.6) is 5.75 Å². The van der Waals surface area contributed by atoms with Crippen molar-refractivity contribution in [2.45, 2.75) is 18.0 Å². The molecule has 1 amide bonds. The lowest BCUT2D eigenvalue weighted by Gasteiger charge is -2.51. The Morgan fingerprint density at radius 1 is 1.09 bits per heavy atom. The molecule has 1 aromatic heterocycles. The van der Waals surface area contributed by atoms with Crippen LogP contribution in [0.2, 0.25) is 0 Å². The van der Waals surface area contributed by atoms with E-state index in [9.17, 15) is 15.2 Å². The molecule has 4 rings (SSSR count). The minimum absolute atomic E-state index is 0.237. The van der Waals surface area contributed by atoms with Gasteiger partial charge in [-0.15, -0.1) is 0 Å². The lowest BCUT2D eigenvalue weighted by molar-refractivity contribution is -0.00629. The molecule has 2 aromatic carbocycles. The fourth-order valence-electron chi connectivity index (χ4n) is 3.94. The van der Waals surface area contributed by atoms with Crippen molar-refractivity contribution in [2.24, 2.45) is 0 Å². The summed E-state index contributed by atoms with van der Waals surface area (Å²) in [6.45, 7) is -0.237. The molecule has 2 heterocycles. The molecule has 1 fully saturated rings. The second-order valence-corrected chi connectivity index (χ2v) is 7.38. The van der Waals surface area contributed by atoms with Crippen molar-refractivity contribution in [1.82, 2.24) is 9.88 Å². The van der Waals surface area contributed by atoms with Crippen LogP contribution in [-0.2, 0) is 0 Å². The van der Waals surface area contributed by atoms with Crippen LogP contribution in [0.3, 0.4) is 0 Å². The largest absolute Gasteiger partial charge is 0.497 e. The van der Waals surface area contributed by atoms with Gasteiger partial charge in [0.05, 0.1) is 25.8 Å². The number of carbonyl (C=O) groups excluding carboxylic acids is 1. The van der Waals surface area contributed by atoms with Crippen molar-refractivity contribution in [2.75, 3.05) is 13.7 Å². The molecule has 0 saturated carbocycles. The van der Waals surface area contributed by atoms with Gasteiger partial charge in [-0.1, -0.05) is 36.1 Å². The highest BCUT2D eigenvalue weighted by atomic mass is 16.5. The first-order chi connectivity index (χ1) is 15.7. The van der Waals surface area contributed by atoms with E-state index in [4.69, 9.17) is 4.74 Å². The van der Waals surface area contributed by atoms with Crippen LogP contribution in [0, 0.1) is 23.2 Å². The van der Waals surface area contributed by atoms with Gasteiger partial charge in [-0.2, -0.15) is 5.26 Å². The van der Waals surface area contributed by atoms with E-state index < -0.39 is 12.1 Å². The summed E-state index contributed by atoms with van der Waals surface area (Å²) in [5.41, 5.74) is 2.81. The normalized spacial score (nSPS) is 19.2. The maximum atomic E-state index is 12.8. The van der Waals surface area contributed by atoms with E-state index in [1.165, 1.54) is 11.1 Å². The molecular weight excluding hydrogens is 402 g/mol. The van der Waals surface area contributed by atoms with Crippen LogP contribution in [0.25, 0.3) is 0 Å². The van der Waals surface area contributed by atoms with E-state index in [1.54, 1.807) is 25.3 Å². The van der Waals surface area contributed by atoms with E-state index in [2.05, 4.69) is 22.9 Å². The Morgan fingerprint density at radius 3 is 2.53 bits per heavy atom. The number of pyridine rings is 1. The van der Waals surface area contributed by atoms with Crippen molar-refractivity contribution in [1.29, 1.82) is 5.26 Å². The Hall–Kier alpha value is -4.13. The predicted molar refractivity (Wildman–Crippen MR) is 119 cm³/mol. The van der Waals surface area contributed by atoms with Gasteiger partial charge in [0.25, 0.3) is 5.91 Å². The third-order valence-corrected chi connectivity index (χ3v) is 5.57. The molecule has 1 saturated heterocycles. The molecule has 0 aliphatic carbocycles. The van der Waals surface area contributed by atoms with Gasteiger partial charge in [-0.05, 0) is 48.0 Å². The number of ether oxygens (including phenoxy) is 1. The number of nitriles is 1. The highest BCUT2D eigenvalue weighted by Gasteiger charge is 2.52. The van der Waals surface area contributed by atoms with Gasteiger partial charge in [0, 0.05) is 23.2 Å². The molecule has 158 valence electrons. The number of hydrogen-bond donors (Lipinski definition) is 1. The molecule has 32 heavy (non-hydrogen) atoms. The molecule has 0 radical (unpaired) electrons. The second kappa shape index (κ2) is 9.34. The average molecular weight is 423 g/mol. The zero-order chi connectivity index (χ0) is 22.5. The van der Waals surface area contributed by atoms with E-state index in [1.807, 2.05) is 48.5 Å². The number of amides is 1. The van der Waals surface area contributed by atoms with Crippen molar-refractivity contribution < 1.29 is 14.6 Å². The number of aliphatic hydroxyl groups is 1. The molecule has 1 N–H and O–H groups in total. The fraction of sp³-hybridized carbons (Fsp3) is 0.192. The quantitative estimate of drug-likeness (QED) is 0.652. The summed E-state index contributed by atoms with van der Waals surface area (Å²) >= 11 is 0. The van der Waals surface area contributed by atoms with Crippen molar-refractivity contribution in [3.8, 4) is 23.7 Å². The van der Waals surface area contributed by atoms with Crippen LogP contribution < -0.4 is 4.74 Å². The number of rotatable bonds is 4. The molecule has 1 aliphatic rings. The van der Waals surface area contributed by atoms with Gasteiger partial charge >= 0.3 is 0 Å². The number of aliphatic hydroxyl groups excluding tert-OH is 1. The summed E-state index contributed by atoms with van der Waals surface area (Å²) < 4.78 is 5.22. The number of nitrogens with zero attached hydrogens (tertiary/aromatic N) is 3. The first-order valence-electron chi connectivity index (χ1n) is 10.2. The molecule has 0 bridgehead atoms. The number of methoxy groups -OCH3 is 1. The average Bonchev–Trinajstić information content (AvgIpc) is 2.84. The van der Waals surface area contributed by atoms with E-state index >= 15 is 0 Å². The molecule has 0 unspecified atom stereocenters. The highest BCUT2D eigenvalue weighted by Crippen LogP contribution is 2.41. The summed E-state index contributed by atoms with van der Waals surface area (Å²) in [5, 5.41) is 19.7. The molecular formula is C26H21N3O3. The maximum Gasteiger partial charge on any atom is 0.273 e. The zero-order valence-corrected chi connectivity index (χ0v) is 17.5. The number of hydrogen-bond acceptors (Lipinski definition) is 5. The van der Waals surface area contributed by atoms with Crippen LogP contribution >= 0.6 is 0 Å². The standard InChI is InChI=1S/C26H21N3O3/c1-32-21-6-4-5-19(15-21)9-8-18-10-12-20(13-11-18)25-23(16-27)29(24(25)17-30)26(31)22-7-2-3-14-28-22/h2-7,10-15,23-25,30H,17H2,1H3/t23-,24+,25-/m1/s1. The first-order valence-corrected chi connectivity index (χ1v) is 10.2. The van der Waals surface area contributed by atoms with Crippen LogP contribution in [0.15, 0.2) is 72.9 Å². The Labute approximate surface area is 186 Å². The summed E-state index contributed by atoms with van der Waals surface area (Å²) in [4.78, 5) is 18.3. The molecule has 0 spiro atoms. The zero-order valence-electron chi connectivity index (χ0n) is 17.5. The highest BCUT2D eigenvalue weighted by molar-refractivity contribution is 5.94. The number of carbonyl (C=O) groups is 1.